The predicted molar refractivity (Wildman–Crippen MR) is 65.7 cm³/mol. The molecular weight excluding hydrogens is 218 g/mol. The molecule has 1 amide bonds. The van der Waals surface area contributed by atoms with E-state index in [2.05, 4.69) is 0 Å². The molecule has 4 nitrogen and oxygen atoms in total. The van der Waals surface area contributed by atoms with Crippen LogP contribution in [0.2, 0.25) is 0 Å². The predicted octanol–water partition coefficient (Wildman–Crippen LogP) is 2.28. The molecule has 1 unspecified atom stereocenters. The highest BCUT2D eigenvalue weighted by molar-refractivity contribution is 5.84. The van der Waals surface area contributed by atoms with Crippen LogP contribution < -0.4 is 0 Å². The van der Waals surface area contributed by atoms with Gasteiger partial charge in [-0.15, -0.1) is 0 Å². The molecular formula is C13H23NO3. The monoisotopic (exact) mass is 241 g/mol. The zero-order valence-electron chi connectivity index (χ0n) is 11.0. The van der Waals surface area contributed by atoms with E-state index in [9.17, 15) is 14.7 Å². The van der Waals surface area contributed by atoms with Crippen LogP contribution in [0, 0.1) is 5.41 Å². The molecule has 4 heteroatoms. The van der Waals surface area contributed by atoms with Gasteiger partial charge in [-0.25, -0.2) is 4.79 Å². The highest BCUT2D eigenvalue weighted by Crippen LogP contribution is 2.24. The van der Waals surface area contributed by atoms with Crippen LogP contribution in [0.1, 0.15) is 52.9 Å². The normalized spacial score (nSPS) is 22.1. The largest absolute Gasteiger partial charge is 0.480 e. The fourth-order valence-electron chi connectivity index (χ4n) is 2.22. The summed E-state index contributed by atoms with van der Waals surface area (Å²) in [5, 5.41) is 9.19. The summed E-state index contributed by atoms with van der Waals surface area (Å²) in [4.78, 5) is 24.9. The number of carbonyl (C=O) groups is 2. The van der Waals surface area contributed by atoms with E-state index >= 15 is 0 Å². The van der Waals surface area contributed by atoms with E-state index in [4.69, 9.17) is 0 Å². The van der Waals surface area contributed by atoms with Gasteiger partial charge in [-0.05, 0) is 18.3 Å². The highest BCUT2D eigenvalue weighted by Gasteiger charge is 2.32. The van der Waals surface area contributed by atoms with Gasteiger partial charge in [-0.2, -0.15) is 0 Å². The van der Waals surface area contributed by atoms with Crippen LogP contribution in [-0.2, 0) is 9.59 Å². The Kier molecular flexibility index (Phi) is 4.54. The first-order chi connectivity index (χ1) is 7.81. The number of hydrogen-bond donors (Lipinski definition) is 1. The summed E-state index contributed by atoms with van der Waals surface area (Å²) in [6.45, 7) is 6.58. The first-order valence-electron chi connectivity index (χ1n) is 6.33. The Morgan fingerprint density at radius 2 is 1.88 bits per heavy atom. The molecule has 0 radical (unpaired) electrons. The maximum absolute atomic E-state index is 12.1. The fraction of sp³-hybridized carbons (Fsp3) is 0.846. The van der Waals surface area contributed by atoms with Crippen LogP contribution in [-0.4, -0.2) is 34.5 Å². The maximum atomic E-state index is 12.1. The van der Waals surface area contributed by atoms with E-state index in [0.717, 1.165) is 19.3 Å². The molecule has 0 aromatic carbocycles. The van der Waals surface area contributed by atoms with E-state index in [1.54, 1.807) is 4.90 Å². The number of amides is 1. The minimum absolute atomic E-state index is 0.0215. The van der Waals surface area contributed by atoms with Gasteiger partial charge in [0.25, 0.3) is 0 Å². The molecule has 1 aliphatic heterocycles. The third kappa shape index (κ3) is 4.36. The molecule has 0 aliphatic carbocycles. The molecule has 1 fully saturated rings. The van der Waals surface area contributed by atoms with Crippen molar-refractivity contribution in [1.29, 1.82) is 0 Å². The molecule has 98 valence electrons. The van der Waals surface area contributed by atoms with Crippen LogP contribution >= 0.6 is 0 Å². The third-order valence-electron chi connectivity index (χ3n) is 3.04. The molecule has 0 saturated carbocycles. The van der Waals surface area contributed by atoms with Crippen molar-refractivity contribution in [1.82, 2.24) is 4.90 Å². The minimum atomic E-state index is -0.867. The minimum Gasteiger partial charge on any atom is -0.480 e. The van der Waals surface area contributed by atoms with Crippen LogP contribution in [0.3, 0.4) is 0 Å². The van der Waals surface area contributed by atoms with Crippen molar-refractivity contribution < 1.29 is 14.7 Å². The van der Waals surface area contributed by atoms with Gasteiger partial charge < -0.3 is 10.0 Å². The zero-order valence-corrected chi connectivity index (χ0v) is 11.0. The van der Waals surface area contributed by atoms with Crippen molar-refractivity contribution in [2.45, 2.75) is 58.9 Å². The number of hydrogen-bond acceptors (Lipinski definition) is 2. The molecule has 1 N–H and O–H groups in total. The summed E-state index contributed by atoms with van der Waals surface area (Å²) >= 11 is 0. The number of carbonyl (C=O) groups excluding carboxylic acids is 1. The Balaban J connectivity index is 2.75. The smallest absolute Gasteiger partial charge is 0.326 e. The van der Waals surface area contributed by atoms with Crippen molar-refractivity contribution in [3.8, 4) is 0 Å². The van der Waals surface area contributed by atoms with Crippen LogP contribution in [0.4, 0.5) is 0 Å². The van der Waals surface area contributed by atoms with Crippen LogP contribution in [0.5, 0.6) is 0 Å². The lowest BCUT2D eigenvalue weighted by Crippen LogP contribution is -2.45. The number of likely N-dealkylation sites (tertiary alicyclic amines) is 1. The van der Waals surface area contributed by atoms with Crippen molar-refractivity contribution in [3.05, 3.63) is 0 Å². The average Bonchev–Trinajstić information content (AvgIpc) is 2.39. The van der Waals surface area contributed by atoms with Gasteiger partial charge in [0.2, 0.25) is 5.91 Å². The van der Waals surface area contributed by atoms with Gasteiger partial charge in [0.1, 0.15) is 6.04 Å². The molecule has 1 aliphatic rings. The molecule has 0 bridgehead atoms. The second kappa shape index (κ2) is 5.52. The third-order valence-corrected chi connectivity index (χ3v) is 3.04. The molecule has 0 aromatic heterocycles. The Morgan fingerprint density at radius 3 is 2.41 bits per heavy atom. The average molecular weight is 241 g/mol. The van der Waals surface area contributed by atoms with E-state index in [1.807, 2.05) is 20.8 Å². The van der Waals surface area contributed by atoms with Crippen molar-refractivity contribution in [2.24, 2.45) is 5.41 Å². The number of nitrogens with zero attached hydrogens (tertiary/aromatic N) is 1. The summed E-state index contributed by atoms with van der Waals surface area (Å²) in [7, 11) is 0. The standard InChI is InChI=1S/C13H23NO3/c1-13(2,3)9-11(15)14-8-6-4-5-7-10(14)12(16)17/h10H,4-9H2,1-3H3,(H,16,17). The van der Waals surface area contributed by atoms with Gasteiger partial charge in [0, 0.05) is 13.0 Å². The van der Waals surface area contributed by atoms with Crippen molar-refractivity contribution in [2.75, 3.05) is 6.54 Å². The second-order valence-electron chi connectivity index (χ2n) is 6.03. The first-order valence-corrected chi connectivity index (χ1v) is 6.33. The molecule has 1 heterocycles. The molecule has 17 heavy (non-hydrogen) atoms. The molecule has 0 spiro atoms. The Hall–Kier alpha value is -1.06. The van der Waals surface area contributed by atoms with E-state index in [-0.39, 0.29) is 11.3 Å². The van der Waals surface area contributed by atoms with Gasteiger partial charge in [0.15, 0.2) is 0 Å². The quantitative estimate of drug-likeness (QED) is 0.807. The molecule has 1 atom stereocenters. The molecule has 1 rings (SSSR count). The highest BCUT2D eigenvalue weighted by atomic mass is 16.4. The Morgan fingerprint density at radius 1 is 1.24 bits per heavy atom. The van der Waals surface area contributed by atoms with E-state index in [0.29, 0.717) is 19.4 Å². The number of carboxylic acids is 1. The summed E-state index contributed by atoms with van der Waals surface area (Å²) in [5.41, 5.74) is -0.0908. The summed E-state index contributed by atoms with van der Waals surface area (Å²) < 4.78 is 0. The van der Waals surface area contributed by atoms with Gasteiger partial charge in [-0.1, -0.05) is 33.6 Å². The summed E-state index contributed by atoms with van der Waals surface area (Å²) in [6.07, 6.45) is 3.83. The Labute approximate surface area is 103 Å². The number of carboxylic acid groups (broad SMARTS) is 1. The Bertz CT molecular complexity index is 294. The van der Waals surface area contributed by atoms with Gasteiger partial charge in [0.05, 0.1) is 0 Å². The summed E-state index contributed by atoms with van der Waals surface area (Å²) in [6, 6.07) is -0.618. The van der Waals surface area contributed by atoms with E-state index in [1.165, 1.54) is 0 Å². The zero-order chi connectivity index (χ0) is 13.1. The van der Waals surface area contributed by atoms with Crippen LogP contribution in [0.25, 0.3) is 0 Å². The second-order valence-corrected chi connectivity index (χ2v) is 6.03. The topological polar surface area (TPSA) is 57.6 Å². The van der Waals surface area contributed by atoms with Gasteiger partial charge in [-0.3, -0.25) is 4.79 Å². The van der Waals surface area contributed by atoms with Crippen LogP contribution in [0.15, 0.2) is 0 Å². The summed E-state index contributed by atoms with van der Waals surface area (Å²) in [5.74, 6) is -0.888. The fourth-order valence-corrected chi connectivity index (χ4v) is 2.22. The lowest BCUT2D eigenvalue weighted by molar-refractivity contribution is -0.151. The van der Waals surface area contributed by atoms with Crippen molar-refractivity contribution in [3.63, 3.8) is 0 Å². The van der Waals surface area contributed by atoms with Crippen molar-refractivity contribution >= 4 is 11.9 Å². The first kappa shape index (κ1) is 14.0. The molecule has 0 aromatic rings. The molecule has 1 saturated heterocycles. The SMILES string of the molecule is CC(C)(C)CC(=O)N1CCCCCC1C(=O)O. The van der Waals surface area contributed by atoms with Gasteiger partial charge >= 0.3 is 5.97 Å². The number of rotatable bonds is 2. The maximum Gasteiger partial charge on any atom is 0.326 e. The lowest BCUT2D eigenvalue weighted by atomic mass is 9.91. The number of aliphatic carboxylic acids is 1. The van der Waals surface area contributed by atoms with E-state index < -0.39 is 12.0 Å². The lowest BCUT2D eigenvalue weighted by Gasteiger charge is -2.29.